The molecule has 5 N–H and O–H groups in total. The van der Waals surface area contributed by atoms with Gasteiger partial charge in [-0.15, -0.1) is 0 Å². The van der Waals surface area contributed by atoms with Gasteiger partial charge in [0.25, 0.3) is 0 Å². The maximum atomic E-state index is 11.3. The molecule has 0 aliphatic rings. The van der Waals surface area contributed by atoms with Crippen LogP contribution >= 0.6 is 0 Å². The minimum Gasteiger partial charge on any atom is -0.507 e. The van der Waals surface area contributed by atoms with Crippen molar-refractivity contribution in [1.82, 2.24) is 4.98 Å². The number of benzene rings is 2. The zero-order valence-corrected chi connectivity index (χ0v) is 13.4. The number of H-pyrrole nitrogens is 1. The van der Waals surface area contributed by atoms with Crippen molar-refractivity contribution in [2.45, 2.75) is 32.0 Å². The molecule has 0 saturated heterocycles. The molecule has 0 aliphatic heterocycles. The topological polar surface area (TPSA) is 114 Å². The number of aldehydes is 1. The van der Waals surface area contributed by atoms with E-state index in [1.165, 1.54) is 26.0 Å². The lowest BCUT2D eigenvalue weighted by Gasteiger charge is -2.25. The average molecular weight is 329 g/mol. The fourth-order valence-electron chi connectivity index (χ4n) is 2.86. The summed E-state index contributed by atoms with van der Waals surface area (Å²) in [5, 5.41) is 41.9. The normalized spacial score (nSPS) is 13.5. The third-order valence-corrected chi connectivity index (χ3v) is 4.35. The van der Waals surface area contributed by atoms with Gasteiger partial charge in [-0.1, -0.05) is 12.1 Å². The van der Waals surface area contributed by atoms with E-state index >= 15 is 0 Å². The Hall–Kier alpha value is -2.57. The highest BCUT2D eigenvalue weighted by atomic mass is 16.3. The summed E-state index contributed by atoms with van der Waals surface area (Å²) >= 11 is 0. The molecule has 6 heteroatoms. The van der Waals surface area contributed by atoms with Crippen LogP contribution in [-0.2, 0) is 6.42 Å². The molecule has 1 aromatic heterocycles. The first-order chi connectivity index (χ1) is 11.2. The van der Waals surface area contributed by atoms with Crippen LogP contribution in [0, 0.1) is 0 Å². The molecular weight excluding hydrogens is 310 g/mol. The van der Waals surface area contributed by atoms with Gasteiger partial charge in [0.1, 0.15) is 11.5 Å². The zero-order chi connectivity index (χ0) is 17.6. The molecular formula is C18H19NO5. The van der Waals surface area contributed by atoms with Crippen LogP contribution in [0.2, 0.25) is 0 Å². The van der Waals surface area contributed by atoms with Crippen LogP contribution in [0.5, 0.6) is 11.5 Å². The number of rotatable bonds is 4. The zero-order valence-electron chi connectivity index (χ0n) is 13.4. The monoisotopic (exact) mass is 329 g/mol. The van der Waals surface area contributed by atoms with Gasteiger partial charge in [0.05, 0.1) is 28.3 Å². The summed E-state index contributed by atoms with van der Waals surface area (Å²) in [6.45, 7) is 2.93. The van der Waals surface area contributed by atoms with Crippen LogP contribution in [-0.4, -0.2) is 43.4 Å². The summed E-state index contributed by atoms with van der Waals surface area (Å²) in [4.78, 5) is 14.3. The molecule has 24 heavy (non-hydrogen) atoms. The molecule has 6 nitrogen and oxygen atoms in total. The standard InChI is InChI=1S/C18H19NO5/c1-18(2,24)14(22)7-12-15-11(6-9(8-20)17(12)23)10-4-3-5-13(21)16(10)19-15/h3-6,8,14,19,21-24H,7H2,1-2H3. The number of aromatic hydroxyl groups is 2. The number of aromatic amines is 1. The number of phenols is 2. The van der Waals surface area contributed by atoms with Crippen molar-refractivity contribution in [2.24, 2.45) is 0 Å². The Balaban J connectivity index is 2.33. The van der Waals surface area contributed by atoms with E-state index in [4.69, 9.17) is 0 Å². The molecule has 0 aliphatic carbocycles. The largest absolute Gasteiger partial charge is 0.507 e. The van der Waals surface area contributed by atoms with Crippen LogP contribution in [0.3, 0.4) is 0 Å². The predicted octanol–water partition coefficient (Wildman–Crippen LogP) is 2.22. The van der Waals surface area contributed by atoms with Crippen LogP contribution in [0.15, 0.2) is 24.3 Å². The van der Waals surface area contributed by atoms with Crippen molar-refractivity contribution in [3.8, 4) is 11.5 Å². The maximum absolute atomic E-state index is 11.3. The van der Waals surface area contributed by atoms with Gasteiger partial charge in [-0.3, -0.25) is 4.79 Å². The number of carbonyl (C=O) groups is 1. The smallest absolute Gasteiger partial charge is 0.153 e. The highest BCUT2D eigenvalue weighted by molar-refractivity contribution is 6.12. The Morgan fingerprint density at radius 1 is 1.21 bits per heavy atom. The molecule has 126 valence electrons. The van der Waals surface area contributed by atoms with Crippen molar-refractivity contribution in [3.63, 3.8) is 0 Å². The quantitative estimate of drug-likeness (QED) is 0.471. The fraction of sp³-hybridized carbons (Fsp3) is 0.278. The minimum absolute atomic E-state index is 0.0461. The van der Waals surface area contributed by atoms with Gasteiger partial charge in [0.2, 0.25) is 0 Å². The Kier molecular flexibility index (Phi) is 3.74. The summed E-state index contributed by atoms with van der Waals surface area (Å²) in [5.74, 6) is -0.198. The van der Waals surface area contributed by atoms with Gasteiger partial charge >= 0.3 is 0 Å². The molecule has 1 atom stereocenters. The van der Waals surface area contributed by atoms with Gasteiger partial charge in [-0.25, -0.2) is 0 Å². The second-order valence-corrected chi connectivity index (χ2v) is 6.53. The number of hydrogen-bond acceptors (Lipinski definition) is 5. The van der Waals surface area contributed by atoms with Crippen molar-refractivity contribution < 1.29 is 25.2 Å². The number of phenolic OH excluding ortho intramolecular Hbond substituents is 2. The summed E-state index contributed by atoms with van der Waals surface area (Å²) in [5.41, 5.74) is 0.0285. The van der Waals surface area contributed by atoms with Crippen LogP contribution in [0.1, 0.15) is 29.8 Å². The Bertz CT molecular complexity index is 936. The third kappa shape index (κ3) is 2.50. The SMILES string of the molecule is CC(C)(O)C(O)Cc1c(O)c(C=O)cc2c1[nH]c1c(O)cccc12. The number of nitrogens with one attached hydrogen (secondary N) is 1. The van der Waals surface area contributed by atoms with Gasteiger partial charge in [-0.2, -0.15) is 0 Å². The van der Waals surface area contributed by atoms with Crippen LogP contribution in [0.25, 0.3) is 21.8 Å². The second kappa shape index (κ2) is 5.51. The van der Waals surface area contributed by atoms with E-state index < -0.39 is 11.7 Å². The van der Waals surface area contributed by atoms with E-state index in [-0.39, 0.29) is 23.5 Å². The van der Waals surface area contributed by atoms with E-state index in [0.717, 1.165) is 0 Å². The molecule has 0 amide bonds. The van der Waals surface area contributed by atoms with E-state index in [1.807, 2.05) is 0 Å². The fourth-order valence-corrected chi connectivity index (χ4v) is 2.86. The lowest BCUT2D eigenvalue weighted by Crippen LogP contribution is -2.37. The lowest BCUT2D eigenvalue weighted by molar-refractivity contribution is -0.0469. The van der Waals surface area contributed by atoms with E-state index in [9.17, 15) is 25.2 Å². The van der Waals surface area contributed by atoms with Crippen molar-refractivity contribution in [2.75, 3.05) is 0 Å². The molecule has 0 spiro atoms. The van der Waals surface area contributed by atoms with Crippen molar-refractivity contribution >= 4 is 28.1 Å². The maximum Gasteiger partial charge on any atom is 0.153 e. The molecule has 1 unspecified atom stereocenters. The molecule has 0 radical (unpaired) electrons. The molecule has 0 saturated carbocycles. The lowest BCUT2D eigenvalue weighted by atomic mass is 9.92. The van der Waals surface area contributed by atoms with Crippen LogP contribution < -0.4 is 0 Å². The van der Waals surface area contributed by atoms with E-state index in [1.54, 1.807) is 12.1 Å². The number of fused-ring (bicyclic) bond motifs is 3. The summed E-state index contributed by atoms with van der Waals surface area (Å²) in [6.07, 6.45) is -0.661. The first-order valence-electron chi connectivity index (χ1n) is 7.58. The van der Waals surface area contributed by atoms with Crippen molar-refractivity contribution in [3.05, 3.63) is 35.4 Å². The number of aliphatic hydroxyl groups excluding tert-OH is 1. The highest BCUT2D eigenvalue weighted by Gasteiger charge is 2.28. The average Bonchev–Trinajstić information content (AvgIpc) is 2.88. The van der Waals surface area contributed by atoms with Crippen LogP contribution in [0.4, 0.5) is 0 Å². The Morgan fingerprint density at radius 2 is 1.92 bits per heavy atom. The molecule has 3 aromatic rings. The number of aliphatic hydroxyl groups is 2. The highest BCUT2D eigenvalue weighted by Crippen LogP contribution is 2.38. The molecule has 0 bridgehead atoms. The van der Waals surface area contributed by atoms with Gasteiger partial charge in [0.15, 0.2) is 6.29 Å². The number of para-hydroxylation sites is 1. The minimum atomic E-state index is -1.37. The van der Waals surface area contributed by atoms with Crippen molar-refractivity contribution in [1.29, 1.82) is 0 Å². The van der Waals surface area contributed by atoms with Gasteiger partial charge in [-0.05, 0) is 26.0 Å². The van der Waals surface area contributed by atoms with Gasteiger partial charge in [0, 0.05) is 22.8 Å². The first-order valence-corrected chi connectivity index (χ1v) is 7.58. The van der Waals surface area contributed by atoms with E-state index in [2.05, 4.69) is 4.98 Å². The third-order valence-electron chi connectivity index (χ3n) is 4.35. The summed E-state index contributed by atoms with van der Waals surface area (Å²) in [6, 6.07) is 6.54. The van der Waals surface area contributed by atoms with E-state index in [0.29, 0.717) is 33.7 Å². The molecule has 1 heterocycles. The molecule has 2 aromatic carbocycles. The number of carbonyl (C=O) groups excluding carboxylic acids is 1. The summed E-state index contributed by atoms with van der Waals surface area (Å²) < 4.78 is 0. The number of hydrogen-bond donors (Lipinski definition) is 5. The molecule has 3 rings (SSSR count). The predicted molar refractivity (Wildman–Crippen MR) is 90.5 cm³/mol. The Morgan fingerprint density at radius 3 is 2.54 bits per heavy atom. The summed E-state index contributed by atoms with van der Waals surface area (Å²) in [7, 11) is 0. The Labute approximate surface area is 138 Å². The van der Waals surface area contributed by atoms with Gasteiger partial charge < -0.3 is 25.4 Å². The first kappa shape index (κ1) is 16.3. The number of aromatic nitrogens is 1. The second-order valence-electron chi connectivity index (χ2n) is 6.53. The molecule has 0 fully saturated rings.